The fourth-order valence-electron chi connectivity index (χ4n) is 4.11. The van der Waals surface area contributed by atoms with Gasteiger partial charge in [-0.15, -0.1) is 0 Å². The maximum Gasteiger partial charge on any atom is 0.243 e. The van der Waals surface area contributed by atoms with Gasteiger partial charge in [0.05, 0.1) is 29.9 Å². The lowest BCUT2D eigenvalue weighted by Crippen LogP contribution is -2.50. The highest BCUT2D eigenvalue weighted by molar-refractivity contribution is 6.42. The highest BCUT2D eigenvalue weighted by Gasteiger charge is 2.25. The van der Waals surface area contributed by atoms with E-state index in [1.165, 1.54) is 0 Å². The lowest BCUT2D eigenvalue weighted by molar-refractivity contribution is -0.130. The zero-order valence-corrected chi connectivity index (χ0v) is 28.3. The Balaban J connectivity index is 0.00000309. The molecule has 0 aliphatic carbocycles. The van der Waals surface area contributed by atoms with Gasteiger partial charge in [0.2, 0.25) is 11.8 Å². The van der Waals surface area contributed by atoms with E-state index in [1.54, 1.807) is 32.2 Å². The monoisotopic (exact) mass is 655 g/mol. The number of carbonyl (C=O) groups excluding carboxylic acids is 2. The normalized spacial score (nSPS) is 12.8. The third-order valence-corrected chi connectivity index (χ3v) is 7.58. The molecule has 0 spiro atoms. The Morgan fingerprint density at radius 2 is 1.73 bits per heavy atom. The zero-order valence-electron chi connectivity index (χ0n) is 26.8. The minimum atomic E-state index is -0.629. The molecular weight excluding hydrogens is 605 g/mol. The van der Waals surface area contributed by atoms with Crippen molar-refractivity contribution in [2.45, 2.75) is 85.0 Å². The van der Waals surface area contributed by atoms with E-state index in [0.29, 0.717) is 55.9 Å². The summed E-state index contributed by atoms with van der Waals surface area (Å²) >= 11 is 12.0. The summed E-state index contributed by atoms with van der Waals surface area (Å²) in [5, 5.41) is 14.3. The Morgan fingerprint density at radius 1 is 1.02 bits per heavy atom. The maximum absolute atomic E-state index is 12.9. The molecule has 0 aliphatic rings. The number of rotatable bonds is 19. The average molecular weight is 657 g/mol. The number of methoxy groups -OCH3 is 1. The minimum absolute atomic E-state index is 0.0264. The van der Waals surface area contributed by atoms with E-state index in [1.807, 2.05) is 39.0 Å². The van der Waals surface area contributed by atoms with Crippen molar-refractivity contribution in [3.8, 4) is 5.75 Å². The molecule has 2 amide bonds. The number of hydrogen-bond donors (Lipinski definition) is 4. The molecule has 3 atom stereocenters. The first-order valence-electron chi connectivity index (χ1n) is 15.2. The lowest BCUT2D eigenvalue weighted by atomic mass is 9.97. The number of aliphatic hydroxyl groups excluding tert-OH is 1. The van der Waals surface area contributed by atoms with E-state index >= 15 is 0 Å². The first-order valence-corrected chi connectivity index (χ1v) is 16.0. The van der Waals surface area contributed by atoms with Crippen LogP contribution in [-0.2, 0) is 32.2 Å². The van der Waals surface area contributed by atoms with Crippen LogP contribution in [0.5, 0.6) is 5.75 Å². The summed E-state index contributed by atoms with van der Waals surface area (Å²) < 4.78 is 16.7. The molecule has 2 aromatic rings. The van der Waals surface area contributed by atoms with Gasteiger partial charge in [-0.3, -0.25) is 9.59 Å². The zero-order chi connectivity index (χ0) is 32.9. The largest absolute Gasteiger partial charge is 0.493 e. The molecule has 9 nitrogen and oxygen atoms in total. The SMILES string of the molecule is CCC(C)C(NC(=O)CCCC(N)COCc1ccc(C)c(OCCCOC)c1)C(=O)NCc1ccc(Cl)c(Cl)c1.CCO. The Morgan fingerprint density at radius 3 is 2.39 bits per heavy atom. The van der Waals surface area contributed by atoms with Crippen molar-refractivity contribution in [2.24, 2.45) is 11.7 Å². The van der Waals surface area contributed by atoms with Crippen LogP contribution in [0.15, 0.2) is 36.4 Å². The van der Waals surface area contributed by atoms with Gasteiger partial charge in [0.1, 0.15) is 11.8 Å². The summed E-state index contributed by atoms with van der Waals surface area (Å²) in [7, 11) is 1.68. The number of benzene rings is 2. The van der Waals surface area contributed by atoms with Gasteiger partial charge in [0, 0.05) is 45.8 Å². The number of hydrogen-bond acceptors (Lipinski definition) is 7. The number of carbonyl (C=O) groups is 2. The molecule has 0 bridgehead atoms. The van der Waals surface area contributed by atoms with E-state index in [4.69, 9.17) is 48.3 Å². The third-order valence-electron chi connectivity index (χ3n) is 6.85. The molecule has 0 fully saturated rings. The van der Waals surface area contributed by atoms with E-state index in [-0.39, 0.29) is 36.8 Å². The first kappa shape index (κ1) is 39.6. The first-order chi connectivity index (χ1) is 21.1. The smallest absolute Gasteiger partial charge is 0.243 e. The number of halogens is 2. The summed E-state index contributed by atoms with van der Waals surface area (Å²) in [5.41, 5.74) is 9.14. The second kappa shape index (κ2) is 23.0. The number of aliphatic hydroxyl groups is 1. The van der Waals surface area contributed by atoms with Crippen LogP contribution in [0, 0.1) is 12.8 Å². The van der Waals surface area contributed by atoms with Crippen LogP contribution >= 0.6 is 23.2 Å². The van der Waals surface area contributed by atoms with Gasteiger partial charge in [-0.2, -0.15) is 0 Å². The molecule has 0 saturated heterocycles. The van der Waals surface area contributed by atoms with Gasteiger partial charge in [0.15, 0.2) is 0 Å². The van der Waals surface area contributed by atoms with Crippen LogP contribution in [-0.4, -0.2) is 62.5 Å². The summed E-state index contributed by atoms with van der Waals surface area (Å²) in [4.78, 5) is 25.6. The van der Waals surface area contributed by atoms with E-state index in [9.17, 15) is 9.59 Å². The van der Waals surface area contributed by atoms with Crippen LogP contribution in [0.2, 0.25) is 10.0 Å². The van der Waals surface area contributed by atoms with E-state index in [0.717, 1.165) is 35.3 Å². The van der Waals surface area contributed by atoms with Gasteiger partial charge in [-0.25, -0.2) is 0 Å². The fourth-order valence-corrected chi connectivity index (χ4v) is 4.43. The van der Waals surface area contributed by atoms with E-state index in [2.05, 4.69) is 10.6 Å². The molecule has 3 unspecified atom stereocenters. The van der Waals surface area contributed by atoms with Crippen molar-refractivity contribution in [3.63, 3.8) is 0 Å². The molecule has 11 heteroatoms. The number of ether oxygens (including phenoxy) is 3. The van der Waals surface area contributed by atoms with Crippen LogP contribution in [0.4, 0.5) is 0 Å². The molecule has 2 aromatic carbocycles. The van der Waals surface area contributed by atoms with Crippen molar-refractivity contribution in [1.29, 1.82) is 0 Å². The maximum atomic E-state index is 12.9. The van der Waals surface area contributed by atoms with Crippen LogP contribution < -0.4 is 21.1 Å². The van der Waals surface area contributed by atoms with Crippen molar-refractivity contribution < 1.29 is 28.9 Å². The van der Waals surface area contributed by atoms with Gasteiger partial charge in [-0.1, -0.05) is 61.7 Å². The highest BCUT2D eigenvalue weighted by atomic mass is 35.5. The summed E-state index contributed by atoms with van der Waals surface area (Å²) in [5.74, 6) is 0.409. The molecular formula is C33H51Cl2N3O6. The number of nitrogens with one attached hydrogen (secondary N) is 2. The van der Waals surface area contributed by atoms with Gasteiger partial charge in [0.25, 0.3) is 0 Å². The Labute approximate surface area is 273 Å². The van der Waals surface area contributed by atoms with Crippen LogP contribution in [0.25, 0.3) is 0 Å². The van der Waals surface area contributed by atoms with Crippen molar-refractivity contribution in [2.75, 3.05) is 33.5 Å². The number of nitrogens with two attached hydrogens (primary N) is 1. The summed E-state index contributed by atoms with van der Waals surface area (Å²) in [6, 6.07) is 10.4. The molecule has 248 valence electrons. The third kappa shape index (κ3) is 16.1. The predicted octanol–water partition coefficient (Wildman–Crippen LogP) is 5.58. The Hall–Kier alpha value is -2.40. The second-order valence-corrected chi connectivity index (χ2v) is 11.5. The van der Waals surface area contributed by atoms with Gasteiger partial charge < -0.3 is 35.7 Å². The Bertz CT molecular complexity index is 1120. The standard InChI is InChI=1S/C31H45Cl2N3O5.C2H6O/c1-5-21(2)30(31(38)35-18-23-12-13-26(32)27(33)16-23)36-29(37)9-6-8-25(34)20-40-19-24-11-10-22(3)28(17-24)41-15-7-14-39-4;1-2-3/h10-13,16-17,21,25,30H,5-9,14-15,18-20,34H2,1-4H3,(H,35,38)(H,36,37);3H,2H2,1H3. The van der Waals surface area contributed by atoms with Crippen LogP contribution in [0.3, 0.4) is 0 Å². The summed E-state index contributed by atoms with van der Waals surface area (Å²) in [6.45, 7) is 10.2. The predicted molar refractivity (Wildman–Crippen MR) is 177 cm³/mol. The molecule has 0 radical (unpaired) electrons. The van der Waals surface area contributed by atoms with Crippen molar-refractivity contribution in [1.82, 2.24) is 10.6 Å². The summed E-state index contributed by atoms with van der Waals surface area (Å²) in [6.07, 6.45) is 3.08. The molecule has 0 aromatic heterocycles. The topological polar surface area (TPSA) is 132 Å². The number of amides is 2. The second-order valence-electron chi connectivity index (χ2n) is 10.7. The Kier molecular flexibility index (Phi) is 20.7. The minimum Gasteiger partial charge on any atom is -0.493 e. The molecule has 0 heterocycles. The molecule has 0 aliphatic heterocycles. The molecule has 44 heavy (non-hydrogen) atoms. The fraction of sp³-hybridized carbons (Fsp3) is 0.576. The molecule has 5 N–H and O–H groups in total. The number of aryl methyl sites for hydroxylation is 1. The van der Waals surface area contributed by atoms with Crippen molar-refractivity contribution >= 4 is 35.0 Å². The quantitative estimate of drug-likeness (QED) is 0.145. The highest BCUT2D eigenvalue weighted by Crippen LogP contribution is 2.23. The van der Waals surface area contributed by atoms with Gasteiger partial charge in [-0.05, 0) is 67.5 Å². The molecule has 0 saturated carbocycles. The van der Waals surface area contributed by atoms with Crippen molar-refractivity contribution in [3.05, 3.63) is 63.1 Å². The van der Waals surface area contributed by atoms with Gasteiger partial charge >= 0.3 is 0 Å². The lowest BCUT2D eigenvalue weighted by Gasteiger charge is -2.24. The van der Waals surface area contributed by atoms with Crippen LogP contribution in [0.1, 0.15) is 69.6 Å². The molecule has 2 rings (SSSR count). The van der Waals surface area contributed by atoms with E-state index < -0.39 is 6.04 Å². The average Bonchev–Trinajstić information content (AvgIpc) is 3.00.